The van der Waals surface area contributed by atoms with Crippen LogP contribution >= 0.6 is 0 Å². The van der Waals surface area contributed by atoms with Crippen LogP contribution in [-0.4, -0.2) is 19.0 Å². The van der Waals surface area contributed by atoms with Gasteiger partial charge in [-0.1, -0.05) is 72.8 Å². The lowest BCUT2D eigenvalue weighted by Gasteiger charge is -2.21. The Bertz CT molecular complexity index is 850. The van der Waals surface area contributed by atoms with Gasteiger partial charge in [0.2, 0.25) is 0 Å². The summed E-state index contributed by atoms with van der Waals surface area (Å²) in [6, 6.07) is 25.9. The van der Waals surface area contributed by atoms with E-state index in [-0.39, 0.29) is 6.04 Å². The number of benzene rings is 3. The topological polar surface area (TPSA) is 36.4 Å². The third-order valence-corrected chi connectivity index (χ3v) is 4.49. The van der Waals surface area contributed by atoms with Gasteiger partial charge in [0.05, 0.1) is 12.6 Å². The molecular formula is C21H21N3. The highest BCUT2D eigenvalue weighted by molar-refractivity contribution is 5.86. The molecule has 0 radical (unpaired) electrons. The second kappa shape index (κ2) is 6.75. The van der Waals surface area contributed by atoms with Gasteiger partial charge in [-0.05, 0) is 28.3 Å². The molecule has 1 aliphatic heterocycles. The molecule has 0 saturated carbocycles. The van der Waals surface area contributed by atoms with Crippen molar-refractivity contribution in [1.82, 2.24) is 10.6 Å². The fourth-order valence-corrected chi connectivity index (χ4v) is 3.29. The number of hydrogen-bond acceptors (Lipinski definition) is 3. The Hall–Kier alpha value is -2.81. The fourth-order valence-electron chi connectivity index (χ4n) is 3.29. The van der Waals surface area contributed by atoms with Gasteiger partial charge in [-0.25, -0.2) is 0 Å². The van der Waals surface area contributed by atoms with Crippen LogP contribution < -0.4 is 10.6 Å². The number of aliphatic imine (C=N–C) groups is 1. The van der Waals surface area contributed by atoms with E-state index in [1.54, 1.807) is 0 Å². The van der Waals surface area contributed by atoms with Gasteiger partial charge >= 0.3 is 0 Å². The molecule has 0 amide bonds. The van der Waals surface area contributed by atoms with Gasteiger partial charge in [0.1, 0.15) is 0 Å². The van der Waals surface area contributed by atoms with E-state index >= 15 is 0 Å². The van der Waals surface area contributed by atoms with Crippen LogP contribution in [0.1, 0.15) is 17.2 Å². The zero-order valence-corrected chi connectivity index (χ0v) is 13.6. The molecule has 24 heavy (non-hydrogen) atoms. The number of guanidine groups is 1. The molecule has 2 N–H and O–H groups in total. The van der Waals surface area contributed by atoms with Crippen LogP contribution in [0.3, 0.4) is 0 Å². The third-order valence-electron chi connectivity index (χ3n) is 4.49. The van der Waals surface area contributed by atoms with Crippen LogP contribution in [0.5, 0.6) is 0 Å². The van der Waals surface area contributed by atoms with Crippen LogP contribution in [0.2, 0.25) is 0 Å². The van der Waals surface area contributed by atoms with E-state index in [4.69, 9.17) is 0 Å². The molecule has 4 rings (SSSR count). The molecule has 0 aliphatic carbocycles. The Labute approximate surface area is 142 Å². The number of fused-ring (bicyclic) bond motifs is 1. The van der Waals surface area contributed by atoms with Crippen molar-refractivity contribution >= 4 is 16.7 Å². The van der Waals surface area contributed by atoms with Gasteiger partial charge in [0.15, 0.2) is 5.96 Å². The molecule has 3 heteroatoms. The number of hydrogen-bond donors (Lipinski definition) is 2. The number of rotatable bonds is 4. The van der Waals surface area contributed by atoms with Crippen molar-refractivity contribution in [3.8, 4) is 0 Å². The normalized spacial score (nSPS) is 14.9. The van der Waals surface area contributed by atoms with Crippen molar-refractivity contribution in [1.29, 1.82) is 0 Å². The lowest BCUT2D eigenvalue weighted by molar-refractivity contribution is 0.636. The van der Waals surface area contributed by atoms with Crippen molar-refractivity contribution in [2.24, 2.45) is 4.99 Å². The highest BCUT2D eigenvalue weighted by atomic mass is 15.2. The summed E-state index contributed by atoms with van der Waals surface area (Å²) in [5.74, 6) is 0.907. The first-order valence-electron chi connectivity index (χ1n) is 8.46. The van der Waals surface area contributed by atoms with Crippen molar-refractivity contribution in [3.63, 3.8) is 0 Å². The number of nitrogens with zero attached hydrogens (tertiary/aromatic N) is 1. The summed E-state index contributed by atoms with van der Waals surface area (Å²) in [5.41, 5.74) is 2.63. The number of nitrogens with one attached hydrogen (secondary N) is 2. The van der Waals surface area contributed by atoms with Gasteiger partial charge in [-0.3, -0.25) is 4.99 Å². The SMILES string of the molecule is c1ccc(C(Cc2cccc3ccccc23)NC2=NCCN2)cc1. The molecule has 1 heterocycles. The van der Waals surface area contributed by atoms with E-state index in [1.807, 2.05) is 0 Å². The first-order valence-corrected chi connectivity index (χ1v) is 8.46. The molecule has 1 unspecified atom stereocenters. The maximum atomic E-state index is 4.50. The zero-order chi connectivity index (χ0) is 16.2. The van der Waals surface area contributed by atoms with Gasteiger partial charge in [0.25, 0.3) is 0 Å². The standard InChI is InChI=1S/C21H21N3/c1-2-8-17(9-3-1)20(24-21-22-13-14-23-21)15-18-11-6-10-16-7-4-5-12-19(16)18/h1-12,20H,13-15H2,(H2,22,23,24). The van der Waals surface area contributed by atoms with E-state index in [9.17, 15) is 0 Å². The van der Waals surface area contributed by atoms with Gasteiger partial charge in [-0.15, -0.1) is 0 Å². The highest BCUT2D eigenvalue weighted by Crippen LogP contribution is 2.24. The third kappa shape index (κ3) is 3.11. The van der Waals surface area contributed by atoms with Crippen LogP contribution in [-0.2, 0) is 6.42 Å². The molecule has 0 bridgehead atoms. The van der Waals surface area contributed by atoms with Gasteiger partial charge in [0, 0.05) is 6.54 Å². The molecule has 3 aromatic carbocycles. The Balaban J connectivity index is 1.68. The summed E-state index contributed by atoms with van der Waals surface area (Å²) in [5, 5.41) is 9.52. The molecule has 1 aliphatic rings. The lowest BCUT2D eigenvalue weighted by atomic mass is 9.95. The highest BCUT2D eigenvalue weighted by Gasteiger charge is 2.16. The van der Waals surface area contributed by atoms with Gasteiger partial charge < -0.3 is 10.6 Å². The summed E-state index contributed by atoms with van der Waals surface area (Å²) in [6.07, 6.45) is 0.923. The Kier molecular flexibility index (Phi) is 4.15. The van der Waals surface area contributed by atoms with Crippen molar-refractivity contribution in [2.75, 3.05) is 13.1 Å². The lowest BCUT2D eigenvalue weighted by Crippen LogP contribution is -2.37. The second-order valence-corrected chi connectivity index (χ2v) is 6.11. The Morgan fingerprint density at radius 2 is 1.71 bits per heavy atom. The summed E-state index contributed by atoms with van der Waals surface area (Å²) in [7, 11) is 0. The van der Waals surface area contributed by atoms with E-state index in [2.05, 4.69) is 88.4 Å². The molecule has 0 spiro atoms. The first-order chi connectivity index (χ1) is 11.9. The molecule has 3 aromatic rings. The smallest absolute Gasteiger partial charge is 0.191 e. The summed E-state index contributed by atoms with van der Waals surface area (Å²) >= 11 is 0. The molecule has 0 fully saturated rings. The summed E-state index contributed by atoms with van der Waals surface area (Å²) < 4.78 is 0. The minimum atomic E-state index is 0.196. The zero-order valence-electron chi connectivity index (χ0n) is 13.6. The second-order valence-electron chi connectivity index (χ2n) is 6.11. The maximum absolute atomic E-state index is 4.50. The van der Waals surface area contributed by atoms with Crippen LogP contribution in [0, 0.1) is 0 Å². The average molecular weight is 315 g/mol. The maximum Gasteiger partial charge on any atom is 0.191 e. The largest absolute Gasteiger partial charge is 0.355 e. The monoisotopic (exact) mass is 315 g/mol. The van der Waals surface area contributed by atoms with E-state index in [1.165, 1.54) is 21.9 Å². The van der Waals surface area contributed by atoms with Gasteiger partial charge in [-0.2, -0.15) is 0 Å². The van der Waals surface area contributed by atoms with Crippen molar-refractivity contribution in [3.05, 3.63) is 83.9 Å². The van der Waals surface area contributed by atoms with Crippen molar-refractivity contribution < 1.29 is 0 Å². The Morgan fingerprint density at radius 1 is 0.917 bits per heavy atom. The predicted octanol–water partition coefficient (Wildman–Crippen LogP) is 3.67. The van der Waals surface area contributed by atoms with Crippen LogP contribution in [0.4, 0.5) is 0 Å². The quantitative estimate of drug-likeness (QED) is 0.770. The first kappa shape index (κ1) is 14.8. The minimum absolute atomic E-state index is 0.196. The molecule has 120 valence electrons. The molecule has 1 atom stereocenters. The molecule has 3 nitrogen and oxygen atoms in total. The molecular weight excluding hydrogens is 294 g/mol. The van der Waals surface area contributed by atoms with E-state index in [0.29, 0.717) is 0 Å². The Morgan fingerprint density at radius 3 is 2.54 bits per heavy atom. The van der Waals surface area contributed by atoms with Crippen molar-refractivity contribution in [2.45, 2.75) is 12.5 Å². The minimum Gasteiger partial charge on any atom is -0.355 e. The van der Waals surface area contributed by atoms with Crippen LogP contribution in [0.25, 0.3) is 10.8 Å². The van der Waals surface area contributed by atoms with Crippen LogP contribution in [0.15, 0.2) is 77.8 Å². The van der Waals surface area contributed by atoms with E-state index < -0.39 is 0 Å². The van der Waals surface area contributed by atoms with E-state index in [0.717, 1.165) is 25.5 Å². The average Bonchev–Trinajstić information content (AvgIpc) is 3.15. The predicted molar refractivity (Wildman–Crippen MR) is 100 cm³/mol. The molecule has 0 aromatic heterocycles. The molecule has 0 saturated heterocycles. The fraction of sp³-hybridized carbons (Fsp3) is 0.190. The summed E-state index contributed by atoms with van der Waals surface area (Å²) in [6.45, 7) is 1.76. The summed E-state index contributed by atoms with van der Waals surface area (Å²) in [4.78, 5) is 4.50.